The summed E-state index contributed by atoms with van der Waals surface area (Å²) < 4.78 is 7.69. The highest BCUT2D eigenvalue weighted by Gasteiger charge is 2.34. The van der Waals surface area contributed by atoms with E-state index in [4.69, 9.17) is 4.74 Å². The zero-order valence-electron chi connectivity index (χ0n) is 12.0. The molecule has 20 heavy (non-hydrogen) atoms. The minimum Gasteiger partial charge on any atom is -0.379 e. The maximum absolute atomic E-state index is 5.61. The first-order chi connectivity index (χ1) is 9.34. The molecule has 1 aliphatic carbocycles. The highest BCUT2D eigenvalue weighted by Crippen LogP contribution is 2.29. The largest absolute Gasteiger partial charge is 0.379 e. The number of halogens is 1. The first-order valence-electron chi connectivity index (χ1n) is 7.35. The molecule has 1 saturated carbocycles. The van der Waals surface area contributed by atoms with Gasteiger partial charge in [-0.25, -0.2) is 4.98 Å². The number of nitrogens with zero attached hydrogens (tertiary/aromatic N) is 2. The molecule has 2 aliphatic rings. The molecule has 0 radical (unpaired) electrons. The van der Waals surface area contributed by atoms with E-state index in [1.54, 1.807) is 0 Å². The molecule has 2 N–H and O–H groups in total. The van der Waals surface area contributed by atoms with Gasteiger partial charge in [0.15, 0.2) is 0 Å². The van der Waals surface area contributed by atoms with E-state index < -0.39 is 0 Å². The molecule has 0 spiro atoms. The molecule has 2 fully saturated rings. The SMILES string of the molecule is Cl.Cn1ccnc1CNC1CCCC1C1COCCN1. The molecule has 1 aromatic rings. The molecule has 3 rings (SSSR count). The highest BCUT2D eigenvalue weighted by atomic mass is 35.5. The van der Waals surface area contributed by atoms with Gasteiger partial charge in [0.2, 0.25) is 0 Å². The van der Waals surface area contributed by atoms with Gasteiger partial charge in [-0.2, -0.15) is 0 Å². The Morgan fingerprint density at radius 3 is 3.10 bits per heavy atom. The topological polar surface area (TPSA) is 51.1 Å². The fourth-order valence-corrected chi connectivity index (χ4v) is 3.37. The van der Waals surface area contributed by atoms with Crippen LogP contribution in [0.25, 0.3) is 0 Å². The molecule has 0 bridgehead atoms. The highest BCUT2D eigenvalue weighted by molar-refractivity contribution is 5.85. The van der Waals surface area contributed by atoms with E-state index in [-0.39, 0.29) is 12.4 Å². The van der Waals surface area contributed by atoms with E-state index in [0.717, 1.165) is 32.1 Å². The summed E-state index contributed by atoms with van der Waals surface area (Å²) in [6.07, 6.45) is 7.76. The first kappa shape index (κ1) is 15.8. The molecular weight excluding hydrogens is 276 g/mol. The van der Waals surface area contributed by atoms with Gasteiger partial charge in [0, 0.05) is 38.1 Å². The average molecular weight is 301 g/mol. The number of aryl methyl sites for hydroxylation is 1. The molecule has 1 saturated heterocycles. The van der Waals surface area contributed by atoms with Gasteiger partial charge < -0.3 is 19.9 Å². The van der Waals surface area contributed by atoms with Gasteiger partial charge in [0.25, 0.3) is 0 Å². The molecular formula is C14H25ClN4O. The van der Waals surface area contributed by atoms with Crippen LogP contribution in [-0.4, -0.2) is 41.4 Å². The van der Waals surface area contributed by atoms with Crippen LogP contribution in [-0.2, 0) is 18.3 Å². The van der Waals surface area contributed by atoms with Crippen molar-refractivity contribution in [1.29, 1.82) is 0 Å². The van der Waals surface area contributed by atoms with Crippen LogP contribution in [0.5, 0.6) is 0 Å². The van der Waals surface area contributed by atoms with Crippen molar-refractivity contribution >= 4 is 12.4 Å². The van der Waals surface area contributed by atoms with Gasteiger partial charge in [0.1, 0.15) is 5.82 Å². The molecule has 3 atom stereocenters. The molecule has 6 heteroatoms. The van der Waals surface area contributed by atoms with E-state index in [2.05, 4.69) is 20.2 Å². The Hall–Kier alpha value is -0.620. The molecule has 1 aliphatic heterocycles. The van der Waals surface area contributed by atoms with Crippen LogP contribution >= 0.6 is 12.4 Å². The lowest BCUT2D eigenvalue weighted by Crippen LogP contribution is -2.50. The third-order valence-corrected chi connectivity index (χ3v) is 4.48. The Balaban J connectivity index is 0.00000147. The van der Waals surface area contributed by atoms with Crippen LogP contribution in [0.1, 0.15) is 25.1 Å². The van der Waals surface area contributed by atoms with Crippen molar-refractivity contribution in [2.45, 2.75) is 37.9 Å². The first-order valence-corrected chi connectivity index (χ1v) is 7.35. The third-order valence-electron chi connectivity index (χ3n) is 4.48. The van der Waals surface area contributed by atoms with Crippen molar-refractivity contribution in [3.8, 4) is 0 Å². The van der Waals surface area contributed by atoms with E-state index in [9.17, 15) is 0 Å². The van der Waals surface area contributed by atoms with Crippen LogP contribution in [0, 0.1) is 5.92 Å². The standard InChI is InChI=1S/C14H24N4O.ClH/c1-18-7-5-16-14(18)9-17-12-4-2-3-11(12)13-10-19-8-6-15-13;/h5,7,11-13,15,17H,2-4,6,8-10H2,1H3;1H. The average Bonchev–Trinajstić information content (AvgIpc) is 3.06. The quantitative estimate of drug-likeness (QED) is 0.874. The minimum atomic E-state index is 0. The Morgan fingerprint density at radius 1 is 1.50 bits per heavy atom. The number of hydrogen-bond donors (Lipinski definition) is 2. The van der Waals surface area contributed by atoms with E-state index in [1.165, 1.54) is 19.3 Å². The summed E-state index contributed by atoms with van der Waals surface area (Å²) in [5.74, 6) is 1.80. The fourth-order valence-electron chi connectivity index (χ4n) is 3.37. The molecule has 2 heterocycles. The van der Waals surface area contributed by atoms with E-state index in [1.807, 2.05) is 19.4 Å². The predicted molar refractivity (Wildman–Crippen MR) is 81.0 cm³/mol. The van der Waals surface area contributed by atoms with Crippen molar-refractivity contribution in [1.82, 2.24) is 20.2 Å². The van der Waals surface area contributed by atoms with Gasteiger partial charge in [-0.1, -0.05) is 6.42 Å². The van der Waals surface area contributed by atoms with Crippen molar-refractivity contribution in [3.05, 3.63) is 18.2 Å². The molecule has 114 valence electrons. The second-order valence-electron chi connectivity index (χ2n) is 5.67. The lowest BCUT2D eigenvalue weighted by atomic mass is 9.94. The molecule has 5 nitrogen and oxygen atoms in total. The molecule has 1 aromatic heterocycles. The second-order valence-corrected chi connectivity index (χ2v) is 5.67. The summed E-state index contributed by atoms with van der Waals surface area (Å²) in [6, 6.07) is 1.12. The monoisotopic (exact) mass is 300 g/mol. The number of aromatic nitrogens is 2. The lowest BCUT2D eigenvalue weighted by Gasteiger charge is -2.33. The van der Waals surface area contributed by atoms with E-state index >= 15 is 0 Å². The van der Waals surface area contributed by atoms with Crippen LogP contribution in [0.3, 0.4) is 0 Å². The number of imidazole rings is 1. The second kappa shape index (κ2) is 7.41. The predicted octanol–water partition coefficient (Wildman–Crippen LogP) is 1.09. The lowest BCUT2D eigenvalue weighted by molar-refractivity contribution is 0.0523. The Kier molecular flexibility index (Phi) is 5.84. The van der Waals surface area contributed by atoms with Gasteiger partial charge in [0.05, 0.1) is 19.8 Å². The van der Waals surface area contributed by atoms with Crippen molar-refractivity contribution < 1.29 is 4.74 Å². The van der Waals surface area contributed by atoms with Crippen molar-refractivity contribution in [2.24, 2.45) is 13.0 Å². The van der Waals surface area contributed by atoms with Crippen molar-refractivity contribution in [3.63, 3.8) is 0 Å². The fraction of sp³-hybridized carbons (Fsp3) is 0.786. The van der Waals surface area contributed by atoms with Crippen molar-refractivity contribution in [2.75, 3.05) is 19.8 Å². The maximum Gasteiger partial charge on any atom is 0.122 e. The van der Waals surface area contributed by atoms with Crippen LogP contribution in [0.15, 0.2) is 12.4 Å². The summed E-state index contributed by atoms with van der Waals surface area (Å²) in [4.78, 5) is 4.37. The third kappa shape index (κ3) is 3.52. The molecule has 3 unspecified atom stereocenters. The summed E-state index contributed by atoms with van der Waals surface area (Å²) in [5.41, 5.74) is 0. The summed E-state index contributed by atoms with van der Waals surface area (Å²) in [7, 11) is 2.05. The summed E-state index contributed by atoms with van der Waals surface area (Å²) in [6.45, 7) is 3.57. The molecule has 0 amide bonds. The maximum atomic E-state index is 5.61. The minimum absolute atomic E-state index is 0. The summed E-state index contributed by atoms with van der Waals surface area (Å²) in [5, 5.41) is 7.30. The van der Waals surface area contributed by atoms with Crippen LogP contribution < -0.4 is 10.6 Å². The zero-order valence-corrected chi connectivity index (χ0v) is 12.9. The smallest absolute Gasteiger partial charge is 0.122 e. The van der Waals surface area contributed by atoms with Gasteiger partial charge >= 0.3 is 0 Å². The number of hydrogen-bond acceptors (Lipinski definition) is 4. The Morgan fingerprint density at radius 2 is 2.40 bits per heavy atom. The Bertz CT molecular complexity index is 406. The number of rotatable bonds is 4. The zero-order chi connectivity index (χ0) is 13.1. The van der Waals surface area contributed by atoms with Gasteiger partial charge in [-0.15, -0.1) is 12.4 Å². The van der Waals surface area contributed by atoms with E-state index in [0.29, 0.717) is 18.0 Å². The summed E-state index contributed by atoms with van der Waals surface area (Å²) >= 11 is 0. The number of ether oxygens (including phenoxy) is 1. The van der Waals surface area contributed by atoms with Crippen LogP contribution in [0.2, 0.25) is 0 Å². The molecule has 0 aromatic carbocycles. The van der Waals surface area contributed by atoms with Gasteiger partial charge in [-0.3, -0.25) is 0 Å². The number of nitrogens with one attached hydrogen (secondary N) is 2. The van der Waals surface area contributed by atoms with Crippen LogP contribution in [0.4, 0.5) is 0 Å². The normalized spacial score (nSPS) is 30.1. The Labute approximate surface area is 126 Å². The number of morpholine rings is 1. The van der Waals surface area contributed by atoms with Gasteiger partial charge in [-0.05, 0) is 18.8 Å².